The van der Waals surface area contributed by atoms with E-state index in [1.165, 1.54) is 11.8 Å². The zero-order valence-corrected chi connectivity index (χ0v) is 12.8. The van der Waals surface area contributed by atoms with E-state index in [-0.39, 0.29) is 17.6 Å². The molecule has 1 amide bonds. The zero-order chi connectivity index (χ0) is 16.0. The van der Waals surface area contributed by atoms with E-state index in [1.807, 2.05) is 13.8 Å². The first-order chi connectivity index (χ1) is 9.92. The van der Waals surface area contributed by atoms with Crippen LogP contribution < -0.4 is 5.32 Å². The molecule has 1 aromatic rings. The second kappa shape index (κ2) is 7.72. The van der Waals surface area contributed by atoms with Crippen LogP contribution in [0.4, 0.5) is 0 Å². The van der Waals surface area contributed by atoms with Crippen molar-refractivity contribution in [3.05, 3.63) is 11.4 Å². The zero-order valence-electron chi connectivity index (χ0n) is 12.8. The maximum Gasteiger partial charge on any atom is 0.358 e. The number of hydrogen-bond acceptors (Lipinski definition) is 5. The number of carbonyl (C=O) groups is 2. The minimum Gasteiger partial charge on any atom is -0.476 e. The third-order valence-electron chi connectivity index (χ3n) is 3.28. The van der Waals surface area contributed by atoms with E-state index in [1.54, 1.807) is 6.92 Å². The molecule has 8 nitrogen and oxygen atoms in total. The molecule has 2 N–H and O–H groups in total. The van der Waals surface area contributed by atoms with Crippen LogP contribution in [0.3, 0.4) is 0 Å². The van der Waals surface area contributed by atoms with Gasteiger partial charge in [-0.05, 0) is 20.3 Å². The summed E-state index contributed by atoms with van der Waals surface area (Å²) in [6.07, 6.45) is 1.14. The van der Waals surface area contributed by atoms with Gasteiger partial charge in [-0.25, -0.2) is 9.48 Å². The van der Waals surface area contributed by atoms with Crippen LogP contribution in [0.15, 0.2) is 0 Å². The quantitative estimate of drug-likeness (QED) is 0.729. The monoisotopic (exact) mass is 298 g/mol. The molecule has 0 saturated carbocycles. The molecule has 118 valence electrons. The minimum absolute atomic E-state index is 0.0461. The molecule has 8 heteroatoms. The number of nitrogens with one attached hydrogen (secondary N) is 1. The summed E-state index contributed by atoms with van der Waals surface area (Å²) in [4.78, 5) is 23.3. The van der Waals surface area contributed by atoms with Gasteiger partial charge in [0.2, 0.25) is 5.91 Å². The second-order valence-corrected chi connectivity index (χ2v) is 4.87. The van der Waals surface area contributed by atoms with Crippen molar-refractivity contribution < 1.29 is 19.4 Å². The predicted molar refractivity (Wildman–Crippen MR) is 75.2 cm³/mol. The van der Waals surface area contributed by atoms with E-state index >= 15 is 0 Å². The van der Waals surface area contributed by atoms with Crippen LogP contribution in [0, 0.1) is 0 Å². The number of methoxy groups -OCH3 is 1. The molecule has 0 aromatic carbocycles. The fourth-order valence-corrected chi connectivity index (χ4v) is 1.80. The smallest absolute Gasteiger partial charge is 0.358 e. The van der Waals surface area contributed by atoms with Crippen molar-refractivity contribution in [3.63, 3.8) is 0 Å². The van der Waals surface area contributed by atoms with Crippen LogP contribution in [-0.4, -0.2) is 51.7 Å². The molecule has 0 aliphatic heterocycles. The van der Waals surface area contributed by atoms with Crippen LogP contribution in [0.5, 0.6) is 0 Å². The van der Waals surface area contributed by atoms with Gasteiger partial charge in [0.05, 0.1) is 12.3 Å². The Balaban J connectivity index is 2.99. The van der Waals surface area contributed by atoms with E-state index < -0.39 is 12.0 Å². The van der Waals surface area contributed by atoms with E-state index in [4.69, 9.17) is 9.84 Å². The lowest BCUT2D eigenvalue weighted by Crippen LogP contribution is -2.37. The van der Waals surface area contributed by atoms with Crippen LogP contribution >= 0.6 is 0 Å². The first kappa shape index (κ1) is 17.1. The molecule has 1 aromatic heterocycles. The molecule has 21 heavy (non-hydrogen) atoms. The number of hydrogen-bond donors (Lipinski definition) is 2. The highest BCUT2D eigenvalue weighted by Crippen LogP contribution is 2.14. The number of carbonyl (C=O) groups excluding carboxylic acids is 1. The van der Waals surface area contributed by atoms with Crippen LogP contribution in [0.2, 0.25) is 0 Å². The van der Waals surface area contributed by atoms with Gasteiger partial charge in [-0.2, -0.15) is 0 Å². The average Bonchev–Trinajstić information content (AvgIpc) is 2.87. The molecule has 0 radical (unpaired) electrons. The average molecular weight is 298 g/mol. The van der Waals surface area contributed by atoms with Gasteiger partial charge in [0.15, 0.2) is 5.69 Å². The van der Waals surface area contributed by atoms with Crippen molar-refractivity contribution in [3.8, 4) is 0 Å². The number of carboxylic acids is 1. The summed E-state index contributed by atoms with van der Waals surface area (Å²) in [6.45, 7) is 5.86. The summed E-state index contributed by atoms with van der Waals surface area (Å²) in [5, 5.41) is 19.4. The Labute approximate surface area is 123 Å². The van der Waals surface area contributed by atoms with Crippen molar-refractivity contribution in [2.24, 2.45) is 0 Å². The molecule has 1 rings (SSSR count). The maximum absolute atomic E-state index is 12.1. The fourth-order valence-electron chi connectivity index (χ4n) is 1.80. The molecule has 0 aliphatic rings. The minimum atomic E-state index is -1.16. The van der Waals surface area contributed by atoms with E-state index in [2.05, 4.69) is 15.6 Å². The number of aromatic nitrogens is 3. The van der Waals surface area contributed by atoms with Crippen LogP contribution in [0.25, 0.3) is 0 Å². The third kappa shape index (κ3) is 4.25. The Morgan fingerprint density at radius 3 is 2.62 bits per heavy atom. The summed E-state index contributed by atoms with van der Waals surface area (Å²) in [5.74, 6) is -1.38. The fraction of sp³-hybridized carbons (Fsp3) is 0.692. The van der Waals surface area contributed by atoms with Gasteiger partial charge in [0, 0.05) is 19.6 Å². The topological polar surface area (TPSA) is 106 Å². The van der Waals surface area contributed by atoms with Crippen LogP contribution in [-0.2, 0) is 16.0 Å². The Morgan fingerprint density at radius 2 is 2.10 bits per heavy atom. The number of ether oxygens (including phenoxy) is 1. The highest BCUT2D eigenvalue weighted by atomic mass is 16.5. The number of carboxylic acid groups (broad SMARTS) is 1. The Kier molecular flexibility index (Phi) is 6.29. The summed E-state index contributed by atoms with van der Waals surface area (Å²) >= 11 is 0. The van der Waals surface area contributed by atoms with Crippen molar-refractivity contribution in [2.45, 2.75) is 45.7 Å². The van der Waals surface area contributed by atoms with Gasteiger partial charge in [-0.3, -0.25) is 4.79 Å². The third-order valence-corrected chi connectivity index (χ3v) is 3.28. The molecule has 2 unspecified atom stereocenters. The van der Waals surface area contributed by atoms with Gasteiger partial charge in [-0.1, -0.05) is 12.1 Å². The summed E-state index contributed by atoms with van der Waals surface area (Å²) in [6, 6.07) is -0.587. The number of amides is 1. The lowest BCUT2D eigenvalue weighted by Gasteiger charge is -2.18. The Morgan fingerprint density at radius 1 is 1.43 bits per heavy atom. The molecule has 0 bridgehead atoms. The Hall–Kier alpha value is -1.96. The molecule has 0 spiro atoms. The molecule has 0 aliphatic carbocycles. The summed E-state index contributed by atoms with van der Waals surface area (Å²) in [7, 11) is 1.52. The summed E-state index contributed by atoms with van der Waals surface area (Å²) in [5.41, 5.74) is 0.242. The van der Waals surface area contributed by atoms with Crippen molar-refractivity contribution in [1.29, 1.82) is 0 Å². The van der Waals surface area contributed by atoms with Gasteiger partial charge in [0.25, 0.3) is 0 Å². The largest absolute Gasteiger partial charge is 0.476 e. The first-order valence-corrected chi connectivity index (χ1v) is 6.89. The molecule has 2 atom stereocenters. The van der Waals surface area contributed by atoms with Gasteiger partial charge in [0.1, 0.15) is 6.04 Å². The number of aromatic carboxylic acids is 1. The van der Waals surface area contributed by atoms with E-state index in [9.17, 15) is 9.59 Å². The highest BCUT2D eigenvalue weighted by molar-refractivity contribution is 5.87. The maximum atomic E-state index is 12.1. The molecule has 0 saturated heterocycles. The molecular weight excluding hydrogens is 276 g/mol. The standard InChI is InChI=1S/C13H22N4O4/c1-5-8(2)14-12(18)9(3)17-10(6-7-21-4)11(13(19)20)15-16-17/h8-9H,5-7H2,1-4H3,(H,14,18)(H,19,20). The van der Waals surface area contributed by atoms with Gasteiger partial charge < -0.3 is 15.2 Å². The second-order valence-electron chi connectivity index (χ2n) is 4.87. The number of rotatable bonds is 8. The normalized spacial score (nSPS) is 13.7. The van der Waals surface area contributed by atoms with Crippen molar-refractivity contribution in [1.82, 2.24) is 20.3 Å². The molecule has 0 fully saturated rings. The van der Waals surface area contributed by atoms with Gasteiger partial charge in [-0.15, -0.1) is 5.10 Å². The lowest BCUT2D eigenvalue weighted by atomic mass is 10.2. The lowest BCUT2D eigenvalue weighted by molar-refractivity contribution is -0.124. The van der Waals surface area contributed by atoms with E-state index in [0.29, 0.717) is 18.7 Å². The highest BCUT2D eigenvalue weighted by Gasteiger charge is 2.25. The predicted octanol–water partition coefficient (Wildman–Crippen LogP) is 0.641. The Bertz CT molecular complexity index is 500. The SMILES string of the molecule is CCC(C)NC(=O)C(C)n1nnc(C(=O)O)c1CCOC. The van der Waals surface area contributed by atoms with E-state index in [0.717, 1.165) is 6.42 Å². The molecule has 1 heterocycles. The van der Waals surface area contributed by atoms with Crippen molar-refractivity contribution >= 4 is 11.9 Å². The van der Waals surface area contributed by atoms with Crippen LogP contribution in [0.1, 0.15) is 49.4 Å². The van der Waals surface area contributed by atoms with Gasteiger partial charge >= 0.3 is 5.97 Å². The summed E-state index contributed by atoms with van der Waals surface area (Å²) < 4.78 is 6.31. The molecular formula is C13H22N4O4. The van der Waals surface area contributed by atoms with Crippen molar-refractivity contribution in [2.75, 3.05) is 13.7 Å². The number of nitrogens with zero attached hydrogens (tertiary/aromatic N) is 3. The first-order valence-electron chi connectivity index (χ1n) is 6.89.